The van der Waals surface area contributed by atoms with Crippen LogP contribution >= 0.6 is 11.6 Å². The van der Waals surface area contributed by atoms with Gasteiger partial charge in [0, 0.05) is 41.8 Å². The molecular weight excluding hydrogens is 406 g/mol. The summed E-state index contributed by atoms with van der Waals surface area (Å²) in [5.74, 6) is -0.161. The van der Waals surface area contributed by atoms with Crippen LogP contribution in [0.5, 0.6) is 0 Å². The molecule has 0 unspecified atom stereocenters. The molecule has 1 aromatic carbocycles. The number of halogens is 1. The van der Waals surface area contributed by atoms with Crippen LogP contribution in [0.25, 0.3) is 16.9 Å². The molecule has 0 bridgehead atoms. The highest BCUT2D eigenvalue weighted by Gasteiger charge is 2.20. The van der Waals surface area contributed by atoms with E-state index < -0.39 is 11.2 Å². The average molecular weight is 426 g/mol. The molecule has 0 atom stereocenters. The van der Waals surface area contributed by atoms with Crippen LogP contribution < -0.4 is 11.2 Å². The Morgan fingerprint density at radius 3 is 2.53 bits per heavy atom. The molecule has 3 aromatic heterocycles. The van der Waals surface area contributed by atoms with Crippen molar-refractivity contribution in [2.75, 3.05) is 0 Å². The van der Waals surface area contributed by atoms with Crippen molar-refractivity contribution in [2.45, 2.75) is 20.4 Å². The van der Waals surface area contributed by atoms with Gasteiger partial charge in [-0.15, -0.1) is 0 Å². The van der Waals surface area contributed by atoms with Gasteiger partial charge < -0.3 is 9.13 Å². The molecule has 0 radical (unpaired) electrons. The minimum atomic E-state index is -0.484. The van der Waals surface area contributed by atoms with Crippen molar-refractivity contribution in [1.29, 1.82) is 0 Å². The van der Waals surface area contributed by atoms with Crippen LogP contribution in [0.3, 0.4) is 0 Å². The lowest BCUT2D eigenvalue weighted by atomic mass is 10.1. The number of aromatic nitrogens is 5. The molecule has 0 aliphatic rings. The Balaban J connectivity index is 1.77. The summed E-state index contributed by atoms with van der Waals surface area (Å²) in [4.78, 5) is 42.0. The molecule has 0 aliphatic heterocycles. The van der Waals surface area contributed by atoms with Gasteiger partial charge in [0.1, 0.15) is 0 Å². The van der Waals surface area contributed by atoms with E-state index in [1.165, 1.54) is 22.5 Å². The first kappa shape index (κ1) is 19.9. The van der Waals surface area contributed by atoms with Gasteiger partial charge in [0.25, 0.3) is 5.56 Å². The lowest BCUT2D eigenvalue weighted by molar-refractivity contribution is 0.0972. The van der Waals surface area contributed by atoms with E-state index in [-0.39, 0.29) is 23.5 Å². The lowest BCUT2D eigenvalue weighted by Crippen LogP contribution is -2.37. The smallest absolute Gasteiger partial charge is 0.318 e. The third-order valence-electron chi connectivity index (χ3n) is 5.33. The molecule has 0 fully saturated rings. The summed E-state index contributed by atoms with van der Waals surface area (Å²) < 4.78 is 5.76. The van der Waals surface area contributed by atoms with E-state index in [4.69, 9.17) is 11.6 Å². The van der Waals surface area contributed by atoms with E-state index in [0.29, 0.717) is 10.6 Å². The van der Waals surface area contributed by atoms with Gasteiger partial charge in [-0.1, -0.05) is 17.7 Å². The minimum Gasteiger partial charge on any atom is -0.318 e. The van der Waals surface area contributed by atoms with Gasteiger partial charge in [-0.25, -0.2) is 9.78 Å². The zero-order valence-electron chi connectivity index (χ0n) is 17.0. The fourth-order valence-electron chi connectivity index (χ4n) is 3.81. The van der Waals surface area contributed by atoms with E-state index in [9.17, 15) is 14.4 Å². The monoisotopic (exact) mass is 425 g/mol. The molecule has 0 amide bonds. The first-order valence-electron chi connectivity index (χ1n) is 9.29. The number of hydrogen-bond donors (Lipinski definition) is 0. The topological polar surface area (TPSA) is 83.8 Å². The minimum absolute atomic E-state index is 0.0657. The maximum absolute atomic E-state index is 13.1. The number of benzene rings is 1. The molecule has 30 heavy (non-hydrogen) atoms. The Morgan fingerprint density at radius 2 is 1.83 bits per heavy atom. The number of aryl methyl sites for hydroxylation is 2. The quantitative estimate of drug-likeness (QED) is 0.470. The molecule has 4 aromatic rings. The number of rotatable bonds is 4. The van der Waals surface area contributed by atoms with E-state index >= 15 is 0 Å². The first-order valence-corrected chi connectivity index (χ1v) is 9.67. The second-order valence-corrected chi connectivity index (χ2v) is 7.71. The summed E-state index contributed by atoms with van der Waals surface area (Å²) in [6.45, 7) is 3.72. The highest BCUT2D eigenvalue weighted by Crippen LogP contribution is 2.24. The number of ketones is 1. The van der Waals surface area contributed by atoms with Gasteiger partial charge in [0.15, 0.2) is 16.9 Å². The Labute approximate surface area is 176 Å². The molecule has 4 rings (SSSR count). The second-order valence-electron chi connectivity index (χ2n) is 7.27. The van der Waals surface area contributed by atoms with E-state index in [2.05, 4.69) is 4.98 Å². The zero-order chi connectivity index (χ0) is 21.7. The number of fused-ring (bicyclic) bond motifs is 1. The van der Waals surface area contributed by atoms with Crippen molar-refractivity contribution < 1.29 is 4.79 Å². The van der Waals surface area contributed by atoms with Crippen LogP contribution in [-0.4, -0.2) is 29.0 Å². The number of Topliss-reactive ketones (excluding diaryl/α,β-unsaturated/α-hetero) is 1. The summed E-state index contributed by atoms with van der Waals surface area (Å²) in [7, 11) is 2.95. The summed E-state index contributed by atoms with van der Waals surface area (Å²) in [6.07, 6.45) is 1.42. The number of imidazole rings is 1. The van der Waals surface area contributed by atoms with Gasteiger partial charge >= 0.3 is 5.69 Å². The Hall–Kier alpha value is -3.39. The van der Waals surface area contributed by atoms with Crippen LogP contribution in [0.15, 0.2) is 46.2 Å². The van der Waals surface area contributed by atoms with Crippen LogP contribution in [0.4, 0.5) is 0 Å². The fourth-order valence-corrected chi connectivity index (χ4v) is 4.00. The van der Waals surface area contributed by atoms with Gasteiger partial charge in [-0.3, -0.25) is 18.7 Å². The molecule has 9 heteroatoms. The molecule has 3 heterocycles. The molecule has 0 saturated carbocycles. The Kier molecular flexibility index (Phi) is 4.74. The van der Waals surface area contributed by atoms with Crippen LogP contribution in [0.2, 0.25) is 5.02 Å². The number of nitrogens with zero attached hydrogens (tertiary/aromatic N) is 5. The third-order valence-corrected chi connectivity index (χ3v) is 5.56. The Morgan fingerprint density at radius 1 is 1.10 bits per heavy atom. The summed E-state index contributed by atoms with van der Waals surface area (Å²) in [6, 6.07) is 9.24. The van der Waals surface area contributed by atoms with Gasteiger partial charge in [-0.05, 0) is 38.1 Å². The van der Waals surface area contributed by atoms with Crippen LogP contribution in [-0.2, 0) is 20.6 Å². The zero-order valence-corrected chi connectivity index (χ0v) is 17.8. The van der Waals surface area contributed by atoms with Crippen molar-refractivity contribution in [3.05, 3.63) is 79.5 Å². The standard InChI is InChI=1S/C21H20ClN5O3/c1-12-8-16(13(2)27(12)15-7-5-6-14(22)9-15)17(28)10-26-11-23-19-18(26)20(29)25(4)21(30)24(19)3/h5-9,11H,10H2,1-4H3. The van der Waals surface area contributed by atoms with E-state index in [1.807, 2.05) is 42.7 Å². The van der Waals surface area contributed by atoms with Crippen molar-refractivity contribution in [3.63, 3.8) is 0 Å². The maximum Gasteiger partial charge on any atom is 0.332 e. The van der Waals surface area contributed by atoms with Gasteiger partial charge in [0.2, 0.25) is 0 Å². The van der Waals surface area contributed by atoms with Crippen LogP contribution in [0, 0.1) is 13.8 Å². The summed E-state index contributed by atoms with van der Waals surface area (Å²) in [5, 5.41) is 0.610. The van der Waals surface area contributed by atoms with Gasteiger partial charge in [-0.2, -0.15) is 0 Å². The predicted molar refractivity (Wildman–Crippen MR) is 115 cm³/mol. The largest absolute Gasteiger partial charge is 0.332 e. The highest BCUT2D eigenvalue weighted by molar-refractivity contribution is 6.30. The van der Waals surface area contributed by atoms with Crippen molar-refractivity contribution in [3.8, 4) is 5.69 Å². The second kappa shape index (κ2) is 7.14. The molecule has 0 N–H and O–H groups in total. The maximum atomic E-state index is 13.1. The fraction of sp³-hybridized carbons (Fsp3) is 0.238. The predicted octanol–water partition coefficient (Wildman–Crippen LogP) is 2.38. The van der Waals surface area contributed by atoms with Crippen molar-refractivity contribution in [2.24, 2.45) is 14.1 Å². The summed E-state index contributed by atoms with van der Waals surface area (Å²) >= 11 is 6.12. The number of hydrogen-bond acceptors (Lipinski definition) is 4. The van der Waals surface area contributed by atoms with Crippen molar-refractivity contribution in [1.82, 2.24) is 23.3 Å². The average Bonchev–Trinajstić information content (AvgIpc) is 3.25. The molecule has 8 nitrogen and oxygen atoms in total. The van der Waals surface area contributed by atoms with Crippen molar-refractivity contribution >= 4 is 28.5 Å². The first-order chi connectivity index (χ1) is 14.2. The molecule has 0 aliphatic carbocycles. The number of carbonyl (C=O) groups excluding carboxylic acids is 1. The van der Waals surface area contributed by atoms with Crippen LogP contribution in [0.1, 0.15) is 21.7 Å². The molecule has 0 spiro atoms. The molecular formula is C21H20ClN5O3. The normalized spacial score (nSPS) is 11.4. The molecule has 0 saturated heterocycles. The summed E-state index contributed by atoms with van der Waals surface area (Å²) in [5.41, 5.74) is 2.62. The Bertz CT molecular complexity index is 1440. The third kappa shape index (κ3) is 3.00. The SMILES string of the molecule is Cc1cc(C(=O)Cn2cnc3c2c(=O)n(C)c(=O)n3C)c(C)n1-c1cccc(Cl)c1. The van der Waals surface area contributed by atoms with Gasteiger partial charge in [0.05, 0.1) is 12.9 Å². The highest BCUT2D eigenvalue weighted by atomic mass is 35.5. The molecule has 154 valence electrons. The van der Waals surface area contributed by atoms with E-state index in [1.54, 1.807) is 13.1 Å². The van der Waals surface area contributed by atoms with E-state index in [0.717, 1.165) is 21.6 Å². The lowest BCUT2D eigenvalue weighted by Gasteiger charge is -2.10. The number of carbonyl (C=O) groups is 1.